The molecule has 0 aliphatic heterocycles. The van der Waals surface area contributed by atoms with Gasteiger partial charge in [-0.05, 0) is 36.8 Å². The maximum atomic E-state index is 12.8. The zero-order valence-electron chi connectivity index (χ0n) is 13.8. The predicted molar refractivity (Wildman–Crippen MR) is 85.7 cm³/mol. The maximum absolute atomic E-state index is 12.8. The second kappa shape index (κ2) is 7.57. The number of halogens is 6. The Kier molecular flexibility index (Phi) is 5.85. The number of hydrogen-bond donors (Lipinski definition) is 1. The van der Waals surface area contributed by atoms with Crippen LogP contribution in [0.15, 0.2) is 48.5 Å². The smallest absolute Gasteiger partial charge is 0.382 e. The van der Waals surface area contributed by atoms with Crippen LogP contribution in [0.1, 0.15) is 16.7 Å². The zero-order valence-corrected chi connectivity index (χ0v) is 13.8. The molecule has 0 aromatic heterocycles. The lowest BCUT2D eigenvalue weighted by atomic mass is 10.1. The molecule has 0 heterocycles. The SMILES string of the molecule is Cc1ccc(N(Cc2cccc(C(F)(F)F)c2)CC(O)C(F)(F)F)cc1. The van der Waals surface area contributed by atoms with Gasteiger partial charge in [0.1, 0.15) is 0 Å². The Bertz CT molecular complexity index is 724. The van der Waals surface area contributed by atoms with E-state index >= 15 is 0 Å². The fraction of sp³-hybridized carbons (Fsp3) is 0.333. The van der Waals surface area contributed by atoms with E-state index in [4.69, 9.17) is 0 Å². The Morgan fingerprint density at radius 1 is 0.962 bits per heavy atom. The predicted octanol–water partition coefficient (Wildman–Crippen LogP) is 4.94. The summed E-state index contributed by atoms with van der Waals surface area (Å²) in [5.41, 5.74) is 0.561. The van der Waals surface area contributed by atoms with Crippen molar-refractivity contribution < 1.29 is 31.4 Å². The lowest BCUT2D eigenvalue weighted by Crippen LogP contribution is -2.40. The summed E-state index contributed by atoms with van der Waals surface area (Å²) in [6.45, 7) is 0.800. The Morgan fingerprint density at radius 3 is 2.12 bits per heavy atom. The molecular weight excluding hydrogens is 360 g/mol. The topological polar surface area (TPSA) is 23.5 Å². The molecule has 142 valence electrons. The highest BCUT2D eigenvalue weighted by Crippen LogP contribution is 2.30. The van der Waals surface area contributed by atoms with E-state index < -0.39 is 30.6 Å². The van der Waals surface area contributed by atoms with Gasteiger partial charge in [-0.2, -0.15) is 26.3 Å². The van der Waals surface area contributed by atoms with Crippen LogP contribution < -0.4 is 4.90 Å². The Labute approximate surface area is 146 Å². The van der Waals surface area contributed by atoms with Crippen molar-refractivity contribution in [3.05, 3.63) is 65.2 Å². The maximum Gasteiger partial charge on any atom is 0.416 e. The summed E-state index contributed by atoms with van der Waals surface area (Å²) >= 11 is 0. The van der Waals surface area contributed by atoms with Crippen molar-refractivity contribution in [1.82, 2.24) is 0 Å². The van der Waals surface area contributed by atoms with Gasteiger partial charge in [0.15, 0.2) is 6.10 Å². The molecule has 2 aromatic rings. The Morgan fingerprint density at radius 2 is 1.58 bits per heavy atom. The normalized spacial score (nSPS) is 13.5. The molecule has 2 nitrogen and oxygen atoms in total. The minimum Gasteiger partial charge on any atom is -0.382 e. The van der Waals surface area contributed by atoms with Gasteiger partial charge in [0.25, 0.3) is 0 Å². The molecule has 0 aliphatic rings. The molecule has 0 aliphatic carbocycles. The van der Waals surface area contributed by atoms with Crippen molar-refractivity contribution in [3.63, 3.8) is 0 Å². The molecule has 8 heteroatoms. The molecule has 0 saturated carbocycles. The lowest BCUT2D eigenvalue weighted by molar-refractivity contribution is -0.200. The number of hydrogen-bond acceptors (Lipinski definition) is 2. The first-order chi connectivity index (χ1) is 12.0. The van der Waals surface area contributed by atoms with Crippen LogP contribution in [-0.2, 0) is 12.7 Å². The van der Waals surface area contributed by atoms with Gasteiger partial charge in [0.2, 0.25) is 0 Å². The van der Waals surface area contributed by atoms with E-state index in [-0.39, 0.29) is 12.1 Å². The van der Waals surface area contributed by atoms with Crippen LogP contribution >= 0.6 is 0 Å². The number of benzene rings is 2. The lowest BCUT2D eigenvalue weighted by Gasteiger charge is -2.28. The minimum absolute atomic E-state index is 0.190. The van der Waals surface area contributed by atoms with E-state index in [1.54, 1.807) is 31.2 Å². The van der Waals surface area contributed by atoms with Crippen molar-refractivity contribution >= 4 is 5.69 Å². The average molecular weight is 377 g/mol. The van der Waals surface area contributed by atoms with Crippen molar-refractivity contribution in [3.8, 4) is 0 Å². The van der Waals surface area contributed by atoms with Crippen LogP contribution in [0.3, 0.4) is 0 Å². The average Bonchev–Trinajstić information content (AvgIpc) is 2.53. The molecule has 26 heavy (non-hydrogen) atoms. The second-order valence-electron chi connectivity index (χ2n) is 5.97. The summed E-state index contributed by atoms with van der Waals surface area (Å²) in [5.74, 6) is 0. The van der Waals surface area contributed by atoms with Gasteiger partial charge in [-0.15, -0.1) is 0 Å². The van der Waals surface area contributed by atoms with Crippen LogP contribution in [0.4, 0.5) is 32.0 Å². The van der Waals surface area contributed by atoms with Crippen molar-refractivity contribution in [2.45, 2.75) is 31.9 Å². The van der Waals surface area contributed by atoms with E-state index in [1.165, 1.54) is 17.0 Å². The first-order valence-electron chi connectivity index (χ1n) is 7.69. The highest BCUT2D eigenvalue weighted by atomic mass is 19.4. The van der Waals surface area contributed by atoms with Gasteiger partial charge in [0, 0.05) is 12.2 Å². The molecule has 1 unspecified atom stereocenters. The third kappa shape index (κ3) is 5.39. The number of alkyl halides is 6. The molecular formula is C18H17F6NO. The van der Waals surface area contributed by atoms with E-state index in [9.17, 15) is 31.4 Å². The van der Waals surface area contributed by atoms with Crippen molar-refractivity contribution in [1.29, 1.82) is 0 Å². The van der Waals surface area contributed by atoms with Crippen LogP contribution in [-0.4, -0.2) is 23.9 Å². The standard InChI is InChI=1S/C18H17F6NO/c1-12-5-7-15(8-6-12)25(11-16(26)18(22,23)24)10-13-3-2-4-14(9-13)17(19,20)21/h2-9,16,26H,10-11H2,1H3. The van der Waals surface area contributed by atoms with Gasteiger partial charge < -0.3 is 10.0 Å². The molecule has 0 fully saturated rings. The van der Waals surface area contributed by atoms with Crippen LogP contribution in [0.5, 0.6) is 0 Å². The van der Waals surface area contributed by atoms with Crippen LogP contribution in [0.25, 0.3) is 0 Å². The first-order valence-corrected chi connectivity index (χ1v) is 7.69. The number of aliphatic hydroxyl groups excluding tert-OH is 1. The molecule has 2 aromatic carbocycles. The Balaban J connectivity index is 2.31. The number of aliphatic hydroxyl groups is 1. The van der Waals surface area contributed by atoms with Crippen LogP contribution in [0, 0.1) is 6.92 Å². The highest BCUT2D eigenvalue weighted by molar-refractivity contribution is 5.48. The van der Waals surface area contributed by atoms with Gasteiger partial charge in [-0.25, -0.2) is 0 Å². The van der Waals surface area contributed by atoms with E-state index in [2.05, 4.69) is 0 Å². The van der Waals surface area contributed by atoms with Crippen molar-refractivity contribution in [2.24, 2.45) is 0 Å². The molecule has 0 bridgehead atoms. The minimum atomic E-state index is -4.82. The Hall–Kier alpha value is -2.22. The summed E-state index contributed by atoms with van der Waals surface area (Å²) in [4.78, 5) is 1.20. The first kappa shape index (κ1) is 20.1. The molecule has 1 atom stereocenters. The summed E-state index contributed by atoms with van der Waals surface area (Å²) in [6.07, 6.45) is -12.0. The summed E-state index contributed by atoms with van der Waals surface area (Å²) in [7, 11) is 0. The van der Waals surface area contributed by atoms with Crippen molar-refractivity contribution in [2.75, 3.05) is 11.4 Å². The van der Waals surface area contributed by atoms with Gasteiger partial charge in [-0.3, -0.25) is 0 Å². The largest absolute Gasteiger partial charge is 0.416 e. The molecule has 0 amide bonds. The third-order valence-electron chi connectivity index (χ3n) is 3.80. The monoisotopic (exact) mass is 377 g/mol. The van der Waals surface area contributed by atoms with Gasteiger partial charge in [-0.1, -0.05) is 29.8 Å². The van der Waals surface area contributed by atoms with Gasteiger partial charge in [0.05, 0.1) is 12.1 Å². The molecule has 1 N–H and O–H groups in total. The molecule has 0 saturated heterocycles. The second-order valence-corrected chi connectivity index (χ2v) is 5.97. The highest BCUT2D eigenvalue weighted by Gasteiger charge is 2.39. The van der Waals surface area contributed by atoms with E-state index in [0.29, 0.717) is 5.69 Å². The van der Waals surface area contributed by atoms with E-state index in [0.717, 1.165) is 17.7 Å². The molecule has 0 radical (unpaired) electrons. The molecule has 2 rings (SSSR count). The summed E-state index contributed by atoms with van der Waals surface area (Å²) in [6, 6.07) is 10.9. The molecule has 0 spiro atoms. The van der Waals surface area contributed by atoms with Gasteiger partial charge >= 0.3 is 12.4 Å². The quantitative estimate of drug-likeness (QED) is 0.746. The number of rotatable bonds is 5. The van der Waals surface area contributed by atoms with E-state index in [1.807, 2.05) is 0 Å². The number of aryl methyl sites for hydroxylation is 1. The van der Waals surface area contributed by atoms with Crippen LogP contribution in [0.2, 0.25) is 0 Å². The number of nitrogens with zero attached hydrogens (tertiary/aromatic N) is 1. The summed E-state index contributed by atoms with van der Waals surface area (Å²) < 4.78 is 76.7. The fourth-order valence-electron chi connectivity index (χ4n) is 2.40. The zero-order chi connectivity index (χ0) is 19.5. The fourth-order valence-corrected chi connectivity index (χ4v) is 2.40. The summed E-state index contributed by atoms with van der Waals surface area (Å²) in [5, 5.41) is 9.39. The number of anilines is 1. The third-order valence-corrected chi connectivity index (χ3v) is 3.80.